The molecule has 0 aliphatic carbocycles. The minimum atomic E-state index is -0.218. The lowest BCUT2D eigenvalue weighted by Gasteiger charge is -2.08. The molecule has 1 aromatic rings. The van der Waals surface area contributed by atoms with Crippen LogP contribution in [0.25, 0.3) is 0 Å². The van der Waals surface area contributed by atoms with Crippen molar-refractivity contribution in [3.8, 4) is 0 Å². The van der Waals surface area contributed by atoms with Crippen molar-refractivity contribution >= 4 is 5.97 Å². The van der Waals surface area contributed by atoms with Crippen LogP contribution in [-0.4, -0.2) is 18.7 Å². The van der Waals surface area contributed by atoms with Gasteiger partial charge in [0.1, 0.15) is 6.10 Å². The standard InChI is InChI=1S/C11H10O3/c1-6-3-2-4-7-9(6)10(8-5-13-8)14-11(7)12/h2-4,8,10H,5H2,1H3. The second-order valence-corrected chi connectivity index (χ2v) is 3.73. The van der Waals surface area contributed by atoms with Gasteiger partial charge < -0.3 is 9.47 Å². The van der Waals surface area contributed by atoms with Crippen LogP contribution in [0.2, 0.25) is 0 Å². The molecule has 2 heterocycles. The monoisotopic (exact) mass is 190 g/mol. The van der Waals surface area contributed by atoms with Crippen LogP contribution in [0.3, 0.4) is 0 Å². The number of esters is 1. The van der Waals surface area contributed by atoms with E-state index in [0.29, 0.717) is 12.2 Å². The normalized spacial score (nSPS) is 28.5. The third kappa shape index (κ3) is 0.990. The lowest BCUT2D eigenvalue weighted by Crippen LogP contribution is -2.06. The molecule has 1 aromatic carbocycles. The number of carbonyl (C=O) groups excluding carboxylic acids is 1. The van der Waals surface area contributed by atoms with E-state index in [1.807, 2.05) is 25.1 Å². The summed E-state index contributed by atoms with van der Waals surface area (Å²) in [7, 11) is 0. The molecule has 1 fully saturated rings. The number of epoxide rings is 1. The second-order valence-electron chi connectivity index (χ2n) is 3.73. The van der Waals surface area contributed by atoms with E-state index in [0.717, 1.165) is 11.1 Å². The zero-order valence-corrected chi connectivity index (χ0v) is 7.82. The zero-order chi connectivity index (χ0) is 9.71. The Morgan fingerprint density at radius 3 is 2.93 bits per heavy atom. The average Bonchev–Trinajstić information content (AvgIpc) is 2.94. The highest BCUT2D eigenvalue weighted by atomic mass is 16.6. The van der Waals surface area contributed by atoms with Gasteiger partial charge in [-0.2, -0.15) is 0 Å². The summed E-state index contributed by atoms with van der Waals surface area (Å²) in [6, 6.07) is 5.69. The summed E-state index contributed by atoms with van der Waals surface area (Å²) in [5.41, 5.74) is 2.82. The van der Waals surface area contributed by atoms with E-state index in [2.05, 4.69) is 0 Å². The van der Waals surface area contributed by atoms with Crippen molar-refractivity contribution in [2.45, 2.75) is 19.1 Å². The minimum Gasteiger partial charge on any atom is -0.451 e. The molecule has 0 saturated carbocycles. The van der Waals surface area contributed by atoms with E-state index in [1.165, 1.54) is 0 Å². The predicted molar refractivity (Wildman–Crippen MR) is 49.1 cm³/mol. The molecule has 2 aliphatic rings. The van der Waals surface area contributed by atoms with Gasteiger partial charge in [-0.3, -0.25) is 0 Å². The quantitative estimate of drug-likeness (QED) is 0.498. The summed E-state index contributed by atoms with van der Waals surface area (Å²) in [5.74, 6) is -0.218. The number of cyclic esters (lactones) is 1. The van der Waals surface area contributed by atoms with Crippen LogP contribution in [0.1, 0.15) is 27.6 Å². The summed E-state index contributed by atoms with van der Waals surface area (Å²) in [4.78, 5) is 11.5. The Bertz CT molecular complexity index is 407. The molecule has 72 valence electrons. The van der Waals surface area contributed by atoms with Crippen LogP contribution < -0.4 is 0 Å². The van der Waals surface area contributed by atoms with E-state index < -0.39 is 0 Å². The van der Waals surface area contributed by atoms with E-state index >= 15 is 0 Å². The van der Waals surface area contributed by atoms with Gasteiger partial charge in [-0.05, 0) is 18.6 Å². The molecule has 0 amide bonds. The van der Waals surface area contributed by atoms with Gasteiger partial charge in [0.05, 0.1) is 12.2 Å². The number of hydrogen-bond donors (Lipinski definition) is 0. The molecule has 0 spiro atoms. The molecular weight excluding hydrogens is 180 g/mol. The summed E-state index contributed by atoms with van der Waals surface area (Å²) < 4.78 is 10.4. The first-order chi connectivity index (χ1) is 6.77. The summed E-state index contributed by atoms with van der Waals surface area (Å²) >= 11 is 0. The van der Waals surface area contributed by atoms with Gasteiger partial charge in [-0.25, -0.2) is 4.79 Å². The lowest BCUT2D eigenvalue weighted by molar-refractivity contribution is 0.0320. The summed E-state index contributed by atoms with van der Waals surface area (Å²) in [5, 5.41) is 0. The molecule has 3 nitrogen and oxygen atoms in total. The van der Waals surface area contributed by atoms with Crippen LogP contribution >= 0.6 is 0 Å². The van der Waals surface area contributed by atoms with Gasteiger partial charge in [0.2, 0.25) is 0 Å². The van der Waals surface area contributed by atoms with E-state index in [-0.39, 0.29) is 18.2 Å². The zero-order valence-electron chi connectivity index (χ0n) is 7.82. The number of fused-ring (bicyclic) bond motifs is 1. The molecule has 14 heavy (non-hydrogen) atoms. The van der Waals surface area contributed by atoms with Gasteiger partial charge in [0.25, 0.3) is 0 Å². The Morgan fingerprint density at radius 2 is 2.21 bits per heavy atom. The number of rotatable bonds is 1. The predicted octanol–water partition coefficient (Wildman–Crippen LogP) is 1.61. The van der Waals surface area contributed by atoms with Gasteiger partial charge in [0, 0.05) is 5.56 Å². The highest BCUT2D eigenvalue weighted by molar-refractivity contribution is 5.94. The molecule has 3 rings (SSSR count). The van der Waals surface area contributed by atoms with Gasteiger partial charge in [0.15, 0.2) is 6.10 Å². The van der Waals surface area contributed by atoms with Crippen LogP contribution in [0, 0.1) is 6.92 Å². The lowest BCUT2D eigenvalue weighted by atomic mass is 9.98. The van der Waals surface area contributed by atoms with Crippen LogP contribution in [0.5, 0.6) is 0 Å². The Hall–Kier alpha value is -1.35. The molecule has 0 N–H and O–H groups in total. The van der Waals surface area contributed by atoms with Crippen molar-refractivity contribution in [2.75, 3.05) is 6.61 Å². The van der Waals surface area contributed by atoms with Crippen LogP contribution in [0.15, 0.2) is 18.2 Å². The molecule has 0 aromatic heterocycles. The SMILES string of the molecule is Cc1cccc2c1C(C1CO1)OC2=O. The third-order valence-corrected chi connectivity index (χ3v) is 2.76. The molecule has 0 radical (unpaired) electrons. The summed E-state index contributed by atoms with van der Waals surface area (Å²) in [6.45, 7) is 2.70. The minimum absolute atomic E-state index is 0.0845. The smallest absolute Gasteiger partial charge is 0.339 e. The maximum atomic E-state index is 11.5. The van der Waals surface area contributed by atoms with Crippen molar-refractivity contribution in [3.05, 3.63) is 34.9 Å². The molecule has 2 aliphatic heterocycles. The Labute approximate surface area is 81.6 Å². The number of aryl methyl sites for hydroxylation is 1. The first kappa shape index (κ1) is 8.00. The number of carbonyl (C=O) groups is 1. The fraction of sp³-hybridized carbons (Fsp3) is 0.364. The molecule has 2 unspecified atom stereocenters. The van der Waals surface area contributed by atoms with Crippen molar-refractivity contribution in [1.82, 2.24) is 0 Å². The maximum Gasteiger partial charge on any atom is 0.339 e. The van der Waals surface area contributed by atoms with Crippen molar-refractivity contribution in [2.24, 2.45) is 0 Å². The Kier molecular flexibility index (Phi) is 1.47. The van der Waals surface area contributed by atoms with E-state index in [4.69, 9.17) is 9.47 Å². The summed E-state index contributed by atoms with van der Waals surface area (Å²) in [6.07, 6.45) is -0.0833. The van der Waals surface area contributed by atoms with Gasteiger partial charge in [-0.15, -0.1) is 0 Å². The molecular formula is C11H10O3. The molecule has 0 bridgehead atoms. The Balaban J connectivity index is 2.14. The largest absolute Gasteiger partial charge is 0.451 e. The molecule has 2 atom stereocenters. The number of benzene rings is 1. The molecule has 1 saturated heterocycles. The van der Waals surface area contributed by atoms with Crippen molar-refractivity contribution in [3.63, 3.8) is 0 Å². The first-order valence-electron chi connectivity index (χ1n) is 4.69. The highest BCUT2D eigenvalue weighted by Gasteiger charge is 2.43. The topological polar surface area (TPSA) is 38.8 Å². The van der Waals surface area contributed by atoms with Crippen LogP contribution in [-0.2, 0) is 9.47 Å². The fourth-order valence-electron chi connectivity index (χ4n) is 1.97. The third-order valence-electron chi connectivity index (χ3n) is 2.76. The van der Waals surface area contributed by atoms with Crippen LogP contribution in [0.4, 0.5) is 0 Å². The number of ether oxygens (including phenoxy) is 2. The Morgan fingerprint density at radius 1 is 1.43 bits per heavy atom. The second kappa shape index (κ2) is 2.58. The fourth-order valence-corrected chi connectivity index (χ4v) is 1.97. The van der Waals surface area contributed by atoms with E-state index in [9.17, 15) is 4.79 Å². The average molecular weight is 190 g/mol. The maximum absolute atomic E-state index is 11.5. The highest BCUT2D eigenvalue weighted by Crippen LogP contribution is 2.40. The number of hydrogen-bond acceptors (Lipinski definition) is 3. The first-order valence-corrected chi connectivity index (χ1v) is 4.69. The molecule has 3 heteroatoms. The van der Waals surface area contributed by atoms with Gasteiger partial charge >= 0.3 is 5.97 Å². The van der Waals surface area contributed by atoms with Crippen molar-refractivity contribution in [1.29, 1.82) is 0 Å². The van der Waals surface area contributed by atoms with Gasteiger partial charge in [-0.1, -0.05) is 12.1 Å². The van der Waals surface area contributed by atoms with E-state index in [1.54, 1.807) is 0 Å². The van der Waals surface area contributed by atoms with Crippen molar-refractivity contribution < 1.29 is 14.3 Å².